The minimum atomic E-state index is -4.98. The van der Waals surface area contributed by atoms with Gasteiger partial charge in [-0.2, -0.15) is 50.0 Å². The van der Waals surface area contributed by atoms with E-state index in [0.717, 1.165) is 58.0 Å². The number of halogens is 14. The second kappa shape index (κ2) is 38.0. The lowest BCUT2D eigenvalue weighted by Gasteiger charge is -2.23. The predicted octanol–water partition coefficient (Wildman–Crippen LogP) is 21.8. The zero-order chi connectivity index (χ0) is 80.8. The molecule has 0 fully saturated rings. The van der Waals surface area contributed by atoms with Crippen LogP contribution in [0.25, 0.3) is 14.5 Å². The maximum absolute atomic E-state index is 13.4. The van der Waals surface area contributed by atoms with Gasteiger partial charge in [-0.3, -0.25) is 19.2 Å². The number of Topliss-reactive ketones (excluding diaryl/α,β-unsaturated/α-hetero) is 4. The molecule has 4 atom stereocenters. The average Bonchev–Trinajstić information content (AvgIpc) is 0.778. The molecule has 13 nitrogen and oxygen atoms in total. The van der Waals surface area contributed by atoms with E-state index in [9.17, 15) is 81.5 Å². The minimum absolute atomic E-state index is 0.00268. The molecule has 0 saturated carbocycles. The molecular weight excluding hydrogens is 1520 g/mol. The smallest absolute Gasteiger partial charge is 0.420 e. The maximum Gasteiger partial charge on any atom is 0.420 e. The summed E-state index contributed by atoms with van der Waals surface area (Å²) in [4.78, 5) is 60.9. The van der Waals surface area contributed by atoms with Crippen molar-refractivity contribution in [2.24, 2.45) is 5.41 Å². The van der Waals surface area contributed by atoms with Crippen molar-refractivity contribution in [3.05, 3.63) is 287 Å². The molecule has 0 heterocycles. The molecule has 0 spiro atoms. The number of carbonyl (C=O) groups is 4. The van der Waals surface area contributed by atoms with E-state index in [1.807, 2.05) is 45.2 Å². The first kappa shape index (κ1) is 87.6. The van der Waals surface area contributed by atoms with Crippen LogP contribution < -0.4 is 18.9 Å². The van der Waals surface area contributed by atoms with Gasteiger partial charge in [0.05, 0.1) is 58.0 Å². The van der Waals surface area contributed by atoms with Crippen LogP contribution >= 0.6 is 27.7 Å². The molecule has 3 unspecified atom stereocenters. The van der Waals surface area contributed by atoms with E-state index in [1.54, 1.807) is 97.9 Å². The number of alkyl halides is 9. The number of para-hydroxylation sites is 1. The van der Waals surface area contributed by atoms with Crippen molar-refractivity contribution >= 4 is 50.8 Å². The van der Waals surface area contributed by atoms with Crippen molar-refractivity contribution in [2.75, 3.05) is 32.7 Å². The van der Waals surface area contributed by atoms with Crippen LogP contribution in [0.15, 0.2) is 173 Å². The Labute approximate surface area is 627 Å². The molecule has 0 aliphatic carbocycles. The SMILES string of the molecule is CSc1ccc(C(=O)C[C@](C)(C#N)COc2cc(C#N)ccc2C(F)(F)F)cc1.[C-]#[N+]C(C)(COc1cc(F)c(F)cc1Br)CC(=O)c1ccc(C)cc1.[C-]#[N+]C(C)(COc1cc(F)c(F)cc1C(F)(F)F)CC(=O)c1ccc(C)cc1.[C-]#[N+]C(C)(COc1ccccc1C(F)(F)F)CC(=O)c1ccc(C)cc1. The summed E-state index contributed by atoms with van der Waals surface area (Å²) in [5.74, 6) is -8.10. The quantitative estimate of drug-likeness (QED) is 0.0176. The van der Waals surface area contributed by atoms with Gasteiger partial charge in [-0.15, -0.1) is 11.8 Å². The normalized spacial score (nSPS) is 13.3. The largest absolute Gasteiger partial charge is 0.491 e. The van der Waals surface area contributed by atoms with Crippen LogP contribution in [0.1, 0.15) is 134 Å². The van der Waals surface area contributed by atoms with Crippen molar-refractivity contribution in [2.45, 2.75) is 114 Å². The molecular formula is C80H67BrF13N5O8S. The Morgan fingerprint density at radius 2 is 0.759 bits per heavy atom. The van der Waals surface area contributed by atoms with E-state index in [4.69, 9.17) is 43.9 Å². The van der Waals surface area contributed by atoms with Gasteiger partial charge in [0.2, 0.25) is 0 Å². The first-order valence-electron chi connectivity index (χ1n) is 32.0. The first-order chi connectivity index (χ1) is 50.4. The van der Waals surface area contributed by atoms with E-state index in [-0.39, 0.29) is 95.7 Å². The van der Waals surface area contributed by atoms with Crippen molar-refractivity contribution in [3.8, 4) is 35.1 Å². The molecule has 108 heavy (non-hydrogen) atoms. The zero-order valence-corrected chi connectivity index (χ0v) is 61.3. The second-order valence-electron chi connectivity index (χ2n) is 25.7. The van der Waals surface area contributed by atoms with Crippen LogP contribution in [-0.4, -0.2) is 72.4 Å². The number of hydrogen-bond donors (Lipinski definition) is 0. The molecule has 0 bridgehead atoms. The number of rotatable bonds is 25. The fourth-order valence-corrected chi connectivity index (χ4v) is 10.3. The summed E-state index contributed by atoms with van der Waals surface area (Å²) in [6.45, 7) is 32.1. The molecule has 28 heteroatoms. The second-order valence-corrected chi connectivity index (χ2v) is 27.4. The van der Waals surface area contributed by atoms with Crippen LogP contribution in [0.5, 0.6) is 23.0 Å². The number of nitrogens with zero attached hydrogens (tertiary/aromatic N) is 5. The van der Waals surface area contributed by atoms with E-state index < -0.39 is 105 Å². The number of ketones is 4. The fraction of sp³-hybridized carbons (Fsp3) is 0.287. The van der Waals surface area contributed by atoms with E-state index >= 15 is 0 Å². The minimum Gasteiger partial charge on any atom is -0.491 e. The topological polar surface area (TPSA) is 166 Å². The lowest BCUT2D eigenvalue weighted by atomic mass is 9.85. The molecule has 0 aromatic heterocycles. The summed E-state index contributed by atoms with van der Waals surface area (Å²) in [5, 5.41) is 18.4. The molecule has 0 saturated heterocycles. The molecule has 0 aliphatic rings. The third-order valence-electron chi connectivity index (χ3n) is 15.9. The van der Waals surface area contributed by atoms with Gasteiger partial charge >= 0.3 is 18.5 Å². The summed E-state index contributed by atoms with van der Waals surface area (Å²) in [7, 11) is 0. The zero-order valence-electron chi connectivity index (χ0n) is 58.9. The Morgan fingerprint density at radius 1 is 0.426 bits per heavy atom. The number of ether oxygens (including phenoxy) is 4. The van der Waals surface area contributed by atoms with Gasteiger partial charge in [0, 0.05) is 66.5 Å². The van der Waals surface area contributed by atoms with Gasteiger partial charge in [-0.05, 0) is 104 Å². The Bertz CT molecular complexity index is 4740. The van der Waals surface area contributed by atoms with Crippen LogP contribution in [0.2, 0.25) is 0 Å². The molecule has 0 radical (unpaired) electrons. The first-order valence-corrected chi connectivity index (χ1v) is 34.0. The molecule has 8 aromatic carbocycles. The summed E-state index contributed by atoms with van der Waals surface area (Å²) in [6.07, 6.45) is -13.0. The predicted molar refractivity (Wildman–Crippen MR) is 381 cm³/mol. The summed E-state index contributed by atoms with van der Waals surface area (Å²) < 4.78 is 192. The number of aryl methyl sites for hydroxylation is 3. The molecule has 564 valence electrons. The highest BCUT2D eigenvalue weighted by Crippen LogP contribution is 2.41. The number of thioether (sulfide) groups is 1. The highest BCUT2D eigenvalue weighted by Gasteiger charge is 2.42. The number of nitriles is 2. The monoisotopic (exact) mass is 1580 g/mol. The van der Waals surface area contributed by atoms with Crippen molar-refractivity contribution in [3.63, 3.8) is 0 Å². The summed E-state index contributed by atoms with van der Waals surface area (Å²) in [5.41, 5.74) is -3.95. The van der Waals surface area contributed by atoms with Crippen LogP contribution in [0.3, 0.4) is 0 Å². The number of hydrogen-bond acceptors (Lipinski definition) is 11. The Hall–Kier alpha value is -11.0. The molecule has 8 rings (SSSR count). The van der Waals surface area contributed by atoms with Crippen LogP contribution in [0, 0.1) is 91.8 Å². The molecule has 0 aliphatic heterocycles. The van der Waals surface area contributed by atoms with Gasteiger partial charge < -0.3 is 33.5 Å². The third kappa shape index (κ3) is 26.2. The summed E-state index contributed by atoms with van der Waals surface area (Å²) in [6, 6.07) is 40.9. The Kier molecular flexibility index (Phi) is 30.8. The van der Waals surface area contributed by atoms with Gasteiger partial charge in [-0.1, -0.05) is 114 Å². The maximum atomic E-state index is 13.4. The third-order valence-corrected chi connectivity index (χ3v) is 17.2. The van der Waals surface area contributed by atoms with Crippen molar-refractivity contribution in [1.29, 1.82) is 10.5 Å². The van der Waals surface area contributed by atoms with Crippen molar-refractivity contribution < 1.29 is 95.2 Å². The lowest BCUT2D eigenvalue weighted by molar-refractivity contribution is -0.140. The highest BCUT2D eigenvalue weighted by molar-refractivity contribution is 9.10. The van der Waals surface area contributed by atoms with E-state index in [1.165, 1.54) is 50.7 Å². The lowest BCUT2D eigenvalue weighted by Crippen LogP contribution is -2.32. The highest BCUT2D eigenvalue weighted by atomic mass is 79.9. The number of carbonyl (C=O) groups excluding carboxylic acids is 4. The fourth-order valence-electron chi connectivity index (χ4n) is 9.48. The molecule has 0 amide bonds. The number of benzene rings is 8. The Morgan fingerprint density at radius 3 is 1.15 bits per heavy atom. The standard InChI is InChI=1S/C21H17F3N2O2S.C20H16F5NO2.C20H18F3NO2.C19H16BrF2NO2/c1-20(12-26,10-18(27)15-4-6-16(29-2)7-5-15)13-28-19-9-14(11-25)3-8-17(19)21(22,23)24;1-12-4-6-13(7-5-12)17(27)10-19(2,26-3)11-28-18-9-16(22)15(21)8-14(18)20(23,24)25;1-14-8-10-15(11-9-14)17(25)12-19(2,24-3)13-26-18-7-5-4-6-16(18)20(21,22)23;1-12-4-6-13(7-5-12)17(24)10-19(2,23-3)11-25-18-9-16(22)15(21)8-14(18)20/h3-9H,10,13H2,1-2H3;4-9H,10-11H2,1-2H3;4-11H,12-13H2,1-2H3;4-9H,10-11H2,1-2H3/t20-;;;/m1.../s1. The van der Waals surface area contributed by atoms with E-state index in [0.29, 0.717) is 22.3 Å². The van der Waals surface area contributed by atoms with Gasteiger partial charge in [0.15, 0.2) is 66.2 Å². The van der Waals surface area contributed by atoms with Crippen molar-refractivity contribution in [1.82, 2.24) is 0 Å². The summed E-state index contributed by atoms with van der Waals surface area (Å²) >= 11 is 4.61. The van der Waals surface area contributed by atoms with E-state index in [2.05, 4.69) is 30.5 Å². The average molecular weight is 1590 g/mol. The van der Waals surface area contributed by atoms with Gasteiger partial charge in [0.25, 0.3) is 16.6 Å². The van der Waals surface area contributed by atoms with Crippen LogP contribution in [-0.2, 0) is 18.5 Å². The Balaban J connectivity index is 0.000000258. The van der Waals surface area contributed by atoms with Crippen LogP contribution in [0.4, 0.5) is 57.1 Å². The van der Waals surface area contributed by atoms with Gasteiger partial charge in [0.1, 0.15) is 35.2 Å². The molecule has 8 aromatic rings. The molecule has 0 N–H and O–H groups in total. The van der Waals surface area contributed by atoms with Gasteiger partial charge in [-0.25, -0.2) is 37.3 Å².